The van der Waals surface area contributed by atoms with Gasteiger partial charge in [-0.25, -0.2) is 0 Å². The molecule has 0 N–H and O–H groups in total. The molecule has 0 saturated carbocycles. The summed E-state index contributed by atoms with van der Waals surface area (Å²) in [4.78, 5) is 0. The van der Waals surface area contributed by atoms with E-state index in [9.17, 15) is 0 Å². The monoisotopic (exact) mass is 206 g/mol. The minimum Gasteiger partial charge on any atom is -0.269 e. The van der Waals surface area contributed by atoms with Crippen molar-refractivity contribution in [3.05, 3.63) is 0 Å². The zero-order valence-electron chi connectivity index (χ0n) is 5.95. The molecular weight excluding hydrogens is 194 g/mol. The predicted molar refractivity (Wildman–Crippen MR) is 49.5 cm³/mol. The van der Waals surface area contributed by atoms with Crippen molar-refractivity contribution in [1.82, 2.24) is 0 Å². The van der Waals surface area contributed by atoms with Gasteiger partial charge in [0, 0.05) is 8.80 Å². The van der Waals surface area contributed by atoms with Crippen LogP contribution in [0.15, 0.2) is 0 Å². The second-order valence-electron chi connectivity index (χ2n) is 2.67. The van der Waals surface area contributed by atoms with E-state index in [4.69, 9.17) is 22.2 Å². The van der Waals surface area contributed by atoms with Crippen molar-refractivity contribution >= 4 is 37.6 Å². The van der Waals surface area contributed by atoms with Gasteiger partial charge in [-0.15, -0.1) is 22.2 Å². The molecule has 9 heavy (non-hydrogen) atoms. The maximum Gasteiger partial charge on any atom is 0.245 e. The molecule has 0 amide bonds. The van der Waals surface area contributed by atoms with Gasteiger partial charge in [-0.05, 0) is 12.2 Å². The average molecular weight is 207 g/mol. The normalized spacial score (nSPS) is 11.3. The summed E-state index contributed by atoms with van der Waals surface area (Å²) in [7, 11) is -0.498. The van der Waals surface area contributed by atoms with Gasteiger partial charge in [-0.2, -0.15) is 0 Å². The summed E-state index contributed by atoms with van der Waals surface area (Å²) in [6.45, 7) is 4.82. The SMILES string of the molecule is C[SiH](C)C[Si](C)(Cl)Cl.F. The first-order chi connectivity index (χ1) is 3.42. The van der Waals surface area contributed by atoms with Crippen molar-refractivity contribution in [1.29, 1.82) is 0 Å². The molecule has 0 aliphatic carbocycles. The van der Waals surface area contributed by atoms with Gasteiger partial charge in [0.2, 0.25) is 6.69 Å². The minimum absolute atomic E-state index is 0. The van der Waals surface area contributed by atoms with E-state index < -0.39 is 15.5 Å². The van der Waals surface area contributed by atoms with Gasteiger partial charge < -0.3 is 0 Å². The standard InChI is InChI=1S/C4H12Cl2Si2.FH/c1-7(2)4-8(3,5)6;/h7H,4H2,1-3H3;1H. The van der Waals surface area contributed by atoms with Gasteiger partial charge in [-0.3, -0.25) is 4.70 Å². The molecule has 58 valence electrons. The first-order valence-corrected chi connectivity index (χ1v) is 10.7. The second-order valence-corrected chi connectivity index (χ2v) is 14.8. The van der Waals surface area contributed by atoms with Crippen molar-refractivity contribution in [2.24, 2.45) is 0 Å². The van der Waals surface area contributed by atoms with E-state index in [0.717, 1.165) is 5.67 Å². The Morgan fingerprint density at radius 1 is 1.33 bits per heavy atom. The van der Waals surface area contributed by atoms with E-state index in [2.05, 4.69) is 13.1 Å². The second kappa shape index (κ2) is 4.71. The Balaban J connectivity index is 0. The molecule has 0 bridgehead atoms. The average Bonchev–Trinajstić information content (AvgIpc) is 1.21. The van der Waals surface area contributed by atoms with E-state index >= 15 is 0 Å². The summed E-state index contributed by atoms with van der Waals surface area (Å²) >= 11 is 11.7. The smallest absolute Gasteiger partial charge is 0.245 e. The molecule has 0 aromatic carbocycles. The lowest BCUT2D eigenvalue weighted by Crippen LogP contribution is -2.20. The first-order valence-electron chi connectivity index (χ1n) is 2.79. The van der Waals surface area contributed by atoms with Gasteiger partial charge in [0.25, 0.3) is 0 Å². The Morgan fingerprint density at radius 3 is 1.67 bits per heavy atom. The molecule has 0 nitrogen and oxygen atoms in total. The molecule has 0 unspecified atom stereocenters. The molecule has 5 heteroatoms. The van der Waals surface area contributed by atoms with E-state index in [1.54, 1.807) is 0 Å². The molecule has 0 radical (unpaired) electrons. The molecule has 0 fully saturated rings. The van der Waals surface area contributed by atoms with E-state index in [-0.39, 0.29) is 4.70 Å². The maximum absolute atomic E-state index is 5.87. The summed E-state index contributed by atoms with van der Waals surface area (Å²) < 4.78 is 0. The number of halogens is 3. The molecule has 0 rings (SSSR count). The van der Waals surface area contributed by atoms with Crippen LogP contribution in [-0.2, 0) is 0 Å². The molecule has 0 aliphatic rings. The number of hydrogen-bond acceptors (Lipinski definition) is 0. The third-order valence-corrected chi connectivity index (χ3v) is 9.68. The Morgan fingerprint density at radius 2 is 1.67 bits per heavy atom. The Bertz CT molecular complexity index is 71.5. The Labute approximate surface area is 67.9 Å². The summed E-state index contributed by atoms with van der Waals surface area (Å²) in [5.41, 5.74) is 1.14. The molecule has 0 aromatic rings. The molecule has 0 heterocycles. The fraction of sp³-hybridized carbons (Fsp3) is 1.00. The van der Waals surface area contributed by atoms with Crippen molar-refractivity contribution in [2.45, 2.75) is 25.3 Å². The molecular formula is C4H13Cl2FSi2. The van der Waals surface area contributed by atoms with Crippen LogP contribution >= 0.6 is 22.2 Å². The van der Waals surface area contributed by atoms with Crippen LogP contribution in [0.5, 0.6) is 0 Å². The highest BCUT2D eigenvalue weighted by Crippen LogP contribution is 2.20. The fourth-order valence-corrected chi connectivity index (χ4v) is 12.0. The highest BCUT2D eigenvalue weighted by Gasteiger charge is 2.21. The lowest BCUT2D eigenvalue weighted by atomic mass is 11.8. The summed E-state index contributed by atoms with van der Waals surface area (Å²) in [6, 6.07) is 0. The first kappa shape index (κ1) is 12.6. The maximum atomic E-state index is 5.87. The number of rotatable bonds is 2. The molecule has 0 aromatic heterocycles. The third kappa shape index (κ3) is 12.2. The van der Waals surface area contributed by atoms with Crippen molar-refractivity contribution in [3.8, 4) is 0 Å². The highest BCUT2D eigenvalue weighted by atomic mass is 35.7. The van der Waals surface area contributed by atoms with Crippen LogP contribution in [0.3, 0.4) is 0 Å². The van der Waals surface area contributed by atoms with Crippen LogP contribution in [-0.4, -0.2) is 15.5 Å². The highest BCUT2D eigenvalue weighted by molar-refractivity contribution is 7.46. The quantitative estimate of drug-likeness (QED) is 0.482. The summed E-state index contributed by atoms with van der Waals surface area (Å²) in [5.74, 6) is 0. The Kier molecular flexibility index (Phi) is 6.60. The van der Waals surface area contributed by atoms with Crippen molar-refractivity contribution in [3.63, 3.8) is 0 Å². The van der Waals surface area contributed by atoms with Gasteiger partial charge in [0.1, 0.15) is 0 Å². The van der Waals surface area contributed by atoms with Crippen LogP contribution in [0.4, 0.5) is 4.70 Å². The zero-order valence-corrected chi connectivity index (χ0v) is 9.62. The molecule has 0 spiro atoms. The summed E-state index contributed by atoms with van der Waals surface area (Å²) in [5, 5.41) is 0. The summed E-state index contributed by atoms with van der Waals surface area (Å²) in [6.07, 6.45) is 0. The van der Waals surface area contributed by atoms with Gasteiger partial charge >= 0.3 is 0 Å². The van der Waals surface area contributed by atoms with E-state index in [1.807, 2.05) is 6.55 Å². The van der Waals surface area contributed by atoms with Crippen LogP contribution < -0.4 is 0 Å². The van der Waals surface area contributed by atoms with Crippen LogP contribution in [0.1, 0.15) is 0 Å². The van der Waals surface area contributed by atoms with E-state index in [1.165, 1.54) is 0 Å². The largest absolute Gasteiger partial charge is 0.269 e. The van der Waals surface area contributed by atoms with Crippen LogP contribution in [0.2, 0.25) is 25.3 Å². The molecule has 0 saturated heterocycles. The third-order valence-electron chi connectivity index (χ3n) is 0.767. The predicted octanol–water partition coefficient (Wildman–Crippen LogP) is 2.71. The lowest BCUT2D eigenvalue weighted by Gasteiger charge is -2.10. The van der Waals surface area contributed by atoms with Crippen molar-refractivity contribution < 1.29 is 4.70 Å². The van der Waals surface area contributed by atoms with Gasteiger partial charge in [-0.1, -0.05) is 13.1 Å². The number of hydrogen-bond donors (Lipinski definition) is 0. The topological polar surface area (TPSA) is 0 Å². The molecule has 0 aliphatic heterocycles. The lowest BCUT2D eigenvalue weighted by molar-refractivity contribution is 1.11. The Hall–Kier alpha value is 0.944. The van der Waals surface area contributed by atoms with Crippen molar-refractivity contribution in [2.75, 3.05) is 0 Å². The van der Waals surface area contributed by atoms with Gasteiger partial charge in [0.05, 0.1) is 0 Å². The van der Waals surface area contributed by atoms with Crippen LogP contribution in [0, 0.1) is 0 Å². The molecule has 0 atom stereocenters. The van der Waals surface area contributed by atoms with Crippen LogP contribution in [0.25, 0.3) is 0 Å². The zero-order chi connectivity index (χ0) is 6.78. The fourth-order valence-electron chi connectivity index (χ4n) is 0.717. The minimum atomic E-state index is -1.71. The van der Waals surface area contributed by atoms with E-state index in [0.29, 0.717) is 0 Å². The van der Waals surface area contributed by atoms with Gasteiger partial charge in [0.15, 0.2) is 0 Å².